The van der Waals surface area contributed by atoms with Crippen LogP contribution >= 0.6 is 0 Å². The minimum Gasteiger partial charge on any atom is -0.329 e. The Kier molecular flexibility index (Phi) is 7.92. The number of rotatable bonds is 8. The van der Waals surface area contributed by atoms with Crippen LogP contribution in [0.3, 0.4) is 0 Å². The molecule has 0 radical (unpaired) electrons. The van der Waals surface area contributed by atoms with Crippen LogP contribution in [0.1, 0.15) is 65.7 Å². The first-order chi connectivity index (χ1) is 8.67. The van der Waals surface area contributed by atoms with Gasteiger partial charge in [0, 0.05) is 25.7 Å². The van der Waals surface area contributed by atoms with E-state index in [2.05, 4.69) is 25.7 Å². The molecular formula is C16H34N2. The SMILES string of the molecule is CCCCCCCC(CN)N1CC(C)CC(C)C1. The Hall–Kier alpha value is -0.0800. The number of likely N-dealkylation sites (tertiary alicyclic amines) is 1. The van der Waals surface area contributed by atoms with E-state index in [-0.39, 0.29) is 0 Å². The molecule has 1 aliphatic heterocycles. The summed E-state index contributed by atoms with van der Waals surface area (Å²) in [4.78, 5) is 2.67. The normalized spacial score (nSPS) is 27.3. The third-order valence-electron chi connectivity index (χ3n) is 4.33. The van der Waals surface area contributed by atoms with E-state index < -0.39 is 0 Å². The van der Waals surface area contributed by atoms with Gasteiger partial charge in [0.05, 0.1) is 0 Å². The van der Waals surface area contributed by atoms with Crippen molar-refractivity contribution in [1.82, 2.24) is 4.90 Å². The summed E-state index contributed by atoms with van der Waals surface area (Å²) < 4.78 is 0. The van der Waals surface area contributed by atoms with Crippen LogP contribution in [0.25, 0.3) is 0 Å². The molecule has 2 heteroatoms. The molecule has 3 atom stereocenters. The molecule has 1 heterocycles. The molecule has 0 amide bonds. The molecule has 3 unspecified atom stereocenters. The summed E-state index contributed by atoms with van der Waals surface area (Å²) in [6, 6.07) is 0.636. The maximum Gasteiger partial charge on any atom is 0.0218 e. The number of piperidine rings is 1. The summed E-state index contributed by atoms with van der Waals surface area (Å²) in [5.74, 6) is 1.70. The molecule has 0 aromatic rings. The second-order valence-electron chi connectivity index (χ2n) is 6.49. The number of nitrogens with two attached hydrogens (primary N) is 1. The molecule has 1 rings (SSSR count). The molecule has 1 aliphatic rings. The quantitative estimate of drug-likeness (QED) is 0.670. The number of hydrogen-bond donors (Lipinski definition) is 1. The van der Waals surface area contributed by atoms with Gasteiger partial charge >= 0.3 is 0 Å². The van der Waals surface area contributed by atoms with E-state index in [0.29, 0.717) is 6.04 Å². The lowest BCUT2D eigenvalue weighted by Crippen LogP contribution is -2.48. The van der Waals surface area contributed by atoms with Crippen LogP contribution in [-0.2, 0) is 0 Å². The van der Waals surface area contributed by atoms with Crippen molar-refractivity contribution < 1.29 is 0 Å². The molecule has 0 aliphatic carbocycles. The van der Waals surface area contributed by atoms with Crippen LogP contribution in [0.2, 0.25) is 0 Å². The molecule has 0 aromatic heterocycles. The number of unbranched alkanes of at least 4 members (excludes halogenated alkanes) is 4. The van der Waals surface area contributed by atoms with E-state index in [9.17, 15) is 0 Å². The summed E-state index contributed by atoms with van der Waals surface area (Å²) >= 11 is 0. The smallest absolute Gasteiger partial charge is 0.0218 e. The van der Waals surface area contributed by atoms with Crippen molar-refractivity contribution in [1.29, 1.82) is 0 Å². The highest BCUT2D eigenvalue weighted by molar-refractivity contribution is 4.81. The first-order valence-corrected chi connectivity index (χ1v) is 8.11. The van der Waals surface area contributed by atoms with E-state index in [1.165, 1.54) is 58.0 Å². The fourth-order valence-corrected chi connectivity index (χ4v) is 3.44. The summed E-state index contributed by atoms with van der Waals surface area (Å²) in [5.41, 5.74) is 5.99. The molecule has 2 nitrogen and oxygen atoms in total. The third kappa shape index (κ3) is 5.71. The van der Waals surface area contributed by atoms with Crippen molar-refractivity contribution in [2.45, 2.75) is 71.8 Å². The first kappa shape index (κ1) is 16.0. The number of hydrogen-bond acceptors (Lipinski definition) is 2. The van der Waals surface area contributed by atoms with Gasteiger partial charge in [-0.2, -0.15) is 0 Å². The molecule has 18 heavy (non-hydrogen) atoms. The summed E-state index contributed by atoms with van der Waals surface area (Å²) in [6.07, 6.45) is 9.58. The van der Waals surface area contributed by atoms with Gasteiger partial charge in [-0.3, -0.25) is 4.90 Å². The molecule has 0 aromatic carbocycles. The molecule has 0 spiro atoms. The molecular weight excluding hydrogens is 220 g/mol. The first-order valence-electron chi connectivity index (χ1n) is 8.11. The van der Waals surface area contributed by atoms with Crippen LogP contribution in [0, 0.1) is 11.8 Å². The fraction of sp³-hybridized carbons (Fsp3) is 1.00. The third-order valence-corrected chi connectivity index (χ3v) is 4.33. The zero-order chi connectivity index (χ0) is 13.4. The Morgan fingerprint density at radius 2 is 1.67 bits per heavy atom. The van der Waals surface area contributed by atoms with Crippen molar-refractivity contribution in [3.63, 3.8) is 0 Å². The van der Waals surface area contributed by atoms with Crippen LogP contribution in [-0.4, -0.2) is 30.6 Å². The Morgan fingerprint density at radius 3 is 2.22 bits per heavy atom. The van der Waals surface area contributed by atoms with Crippen LogP contribution in [0.4, 0.5) is 0 Å². The van der Waals surface area contributed by atoms with E-state index >= 15 is 0 Å². The van der Waals surface area contributed by atoms with Gasteiger partial charge in [0.1, 0.15) is 0 Å². The molecule has 2 N–H and O–H groups in total. The Bertz CT molecular complexity index is 195. The summed E-state index contributed by atoms with van der Waals surface area (Å²) in [7, 11) is 0. The molecule has 1 fully saturated rings. The maximum absolute atomic E-state index is 5.99. The van der Waals surface area contributed by atoms with Gasteiger partial charge in [0.25, 0.3) is 0 Å². The molecule has 1 saturated heterocycles. The van der Waals surface area contributed by atoms with Gasteiger partial charge in [-0.15, -0.1) is 0 Å². The average molecular weight is 254 g/mol. The Morgan fingerprint density at radius 1 is 1.06 bits per heavy atom. The second-order valence-corrected chi connectivity index (χ2v) is 6.49. The highest BCUT2D eigenvalue weighted by atomic mass is 15.2. The van der Waals surface area contributed by atoms with Crippen molar-refractivity contribution >= 4 is 0 Å². The van der Waals surface area contributed by atoms with Crippen molar-refractivity contribution in [2.75, 3.05) is 19.6 Å². The van der Waals surface area contributed by atoms with Gasteiger partial charge in [-0.25, -0.2) is 0 Å². The standard InChI is InChI=1S/C16H34N2/c1-4-5-6-7-8-9-16(11-17)18-12-14(2)10-15(3)13-18/h14-16H,4-13,17H2,1-3H3. The van der Waals surface area contributed by atoms with E-state index in [0.717, 1.165) is 18.4 Å². The lowest BCUT2D eigenvalue weighted by molar-refractivity contribution is 0.0928. The largest absolute Gasteiger partial charge is 0.329 e. The molecule has 0 bridgehead atoms. The van der Waals surface area contributed by atoms with Crippen LogP contribution in [0.15, 0.2) is 0 Å². The van der Waals surface area contributed by atoms with Crippen LogP contribution in [0.5, 0.6) is 0 Å². The average Bonchev–Trinajstić information content (AvgIpc) is 2.32. The van der Waals surface area contributed by atoms with Crippen LogP contribution < -0.4 is 5.73 Å². The minimum atomic E-state index is 0.636. The minimum absolute atomic E-state index is 0.636. The lowest BCUT2D eigenvalue weighted by atomic mass is 9.90. The topological polar surface area (TPSA) is 29.3 Å². The maximum atomic E-state index is 5.99. The van der Waals surface area contributed by atoms with Crippen molar-refractivity contribution in [3.8, 4) is 0 Å². The van der Waals surface area contributed by atoms with E-state index in [1.54, 1.807) is 0 Å². The zero-order valence-corrected chi connectivity index (χ0v) is 12.8. The summed E-state index contributed by atoms with van der Waals surface area (Å²) in [6.45, 7) is 10.4. The van der Waals surface area contributed by atoms with Gasteiger partial charge in [-0.1, -0.05) is 52.9 Å². The lowest BCUT2D eigenvalue weighted by Gasteiger charge is -2.40. The monoisotopic (exact) mass is 254 g/mol. The predicted molar refractivity (Wildman–Crippen MR) is 80.7 cm³/mol. The molecule has 108 valence electrons. The van der Waals surface area contributed by atoms with Gasteiger partial charge < -0.3 is 5.73 Å². The number of nitrogens with zero attached hydrogens (tertiary/aromatic N) is 1. The zero-order valence-electron chi connectivity index (χ0n) is 12.8. The highest BCUT2D eigenvalue weighted by Gasteiger charge is 2.26. The fourth-order valence-electron chi connectivity index (χ4n) is 3.44. The van der Waals surface area contributed by atoms with E-state index in [4.69, 9.17) is 5.73 Å². The van der Waals surface area contributed by atoms with Gasteiger partial charge in [0.2, 0.25) is 0 Å². The van der Waals surface area contributed by atoms with E-state index in [1.807, 2.05) is 0 Å². The Labute approximate surface area is 114 Å². The predicted octanol–water partition coefficient (Wildman–Crippen LogP) is 3.65. The Balaban J connectivity index is 2.26. The van der Waals surface area contributed by atoms with Crippen molar-refractivity contribution in [3.05, 3.63) is 0 Å². The highest BCUT2D eigenvalue weighted by Crippen LogP contribution is 2.24. The van der Waals surface area contributed by atoms with Crippen molar-refractivity contribution in [2.24, 2.45) is 17.6 Å². The van der Waals surface area contributed by atoms with Gasteiger partial charge in [-0.05, 0) is 24.7 Å². The second kappa shape index (κ2) is 8.92. The summed E-state index contributed by atoms with van der Waals surface area (Å²) in [5, 5.41) is 0. The molecule has 0 saturated carbocycles. The van der Waals surface area contributed by atoms with Gasteiger partial charge in [0.15, 0.2) is 0 Å².